The molecule has 0 radical (unpaired) electrons. The second kappa shape index (κ2) is 12.6. The summed E-state index contributed by atoms with van der Waals surface area (Å²) in [6, 6.07) is 0. The minimum Gasteiger partial charge on any atom is -0.326 e. The molecule has 0 aliphatic rings. The minimum absolute atomic E-state index is 0.329. The van der Waals surface area contributed by atoms with Gasteiger partial charge in [0.15, 0.2) is 6.23 Å². The SMILES string of the molecule is C=CC(=O)NC(CCCCCCCCCCC)OS(=O)(=O)O. The Morgan fingerprint density at radius 3 is 2.09 bits per heavy atom. The van der Waals surface area contributed by atoms with Crippen molar-refractivity contribution in [3.63, 3.8) is 0 Å². The van der Waals surface area contributed by atoms with Crippen LogP contribution in [0.3, 0.4) is 0 Å². The van der Waals surface area contributed by atoms with E-state index in [-0.39, 0.29) is 0 Å². The van der Waals surface area contributed by atoms with Gasteiger partial charge in [0.2, 0.25) is 5.91 Å². The number of carbonyl (C=O) groups is 1. The minimum atomic E-state index is -4.59. The van der Waals surface area contributed by atoms with Crippen molar-refractivity contribution < 1.29 is 21.9 Å². The van der Waals surface area contributed by atoms with Crippen LogP contribution in [-0.4, -0.2) is 25.1 Å². The first-order valence-corrected chi connectivity index (χ1v) is 9.34. The van der Waals surface area contributed by atoms with Crippen LogP contribution >= 0.6 is 0 Å². The van der Waals surface area contributed by atoms with E-state index in [1.54, 1.807) is 0 Å². The van der Waals surface area contributed by atoms with Gasteiger partial charge in [0.05, 0.1) is 0 Å². The van der Waals surface area contributed by atoms with Crippen LogP contribution in [0.25, 0.3) is 0 Å². The lowest BCUT2D eigenvalue weighted by molar-refractivity contribution is -0.118. The summed E-state index contributed by atoms with van der Waals surface area (Å²) in [5.41, 5.74) is 0. The van der Waals surface area contributed by atoms with Crippen LogP contribution < -0.4 is 5.32 Å². The van der Waals surface area contributed by atoms with E-state index in [1.807, 2.05) is 0 Å². The van der Waals surface area contributed by atoms with Crippen molar-refractivity contribution in [3.05, 3.63) is 12.7 Å². The van der Waals surface area contributed by atoms with Crippen LogP contribution in [0.15, 0.2) is 12.7 Å². The number of amides is 1. The monoisotopic (exact) mass is 335 g/mol. The van der Waals surface area contributed by atoms with Gasteiger partial charge in [-0.05, 0) is 18.9 Å². The van der Waals surface area contributed by atoms with Gasteiger partial charge in [-0.1, -0.05) is 64.9 Å². The summed E-state index contributed by atoms with van der Waals surface area (Å²) in [4.78, 5) is 11.2. The maximum atomic E-state index is 11.2. The predicted octanol–water partition coefficient (Wildman–Crippen LogP) is 3.36. The highest BCUT2D eigenvalue weighted by atomic mass is 32.3. The van der Waals surface area contributed by atoms with Gasteiger partial charge in [-0.3, -0.25) is 9.35 Å². The van der Waals surface area contributed by atoms with E-state index >= 15 is 0 Å². The third-order valence-electron chi connectivity index (χ3n) is 3.30. The van der Waals surface area contributed by atoms with Gasteiger partial charge in [-0.15, -0.1) is 0 Å². The van der Waals surface area contributed by atoms with Gasteiger partial charge < -0.3 is 5.32 Å². The van der Waals surface area contributed by atoms with Crippen molar-refractivity contribution in [2.45, 2.75) is 77.4 Å². The van der Waals surface area contributed by atoms with E-state index in [0.717, 1.165) is 25.3 Å². The lowest BCUT2D eigenvalue weighted by Crippen LogP contribution is -2.37. The van der Waals surface area contributed by atoms with Crippen molar-refractivity contribution in [3.8, 4) is 0 Å². The summed E-state index contributed by atoms with van der Waals surface area (Å²) in [5, 5.41) is 2.33. The molecule has 0 spiro atoms. The molecule has 0 heterocycles. The molecule has 7 heteroatoms. The van der Waals surface area contributed by atoms with E-state index in [2.05, 4.69) is 23.0 Å². The zero-order valence-corrected chi connectivity index (χ0v) is 14.2. The smallest absolute Gasteiger partial charge is 0.326 e. The highest BCUT2D eigenvalue weighted by molar-refractivity contribution is 7.80. The summed E-state index contributed by atoms with van der Waals surface area (Å²) in [5.74, 6) is -0.537. The number of carbonyl (C=O) groups excluding carboxylic acids is 1. The fraction of sp³-hybridized carbons (Fsp3) is 0.800. The van der Waals surface area contributed by atoms with E-state index in [9.17, 15) is 13.2 Å². The van der Waals surface area contributed by atoms with Gasteiger partial charge in [0.1, 0.15) is 0 Å². The van der Waals surface area contributed by atoms with E-state index in [4.69, 9.17) is 4.55 Å². The van der Waals surface area contributed by atoms with Crippen molar-refractivity contribution in [2.24, 2.45) is 0 Å². The Labute approximate surface area is 134 Å². The van der Waals surface area contributed by atoms with E-state index in [1.165, 1.54) is 32.1 Å². The Hall–Kier alpha value is -0.920. The van der Waals surface area contributed by atoms with Gasteiger partial charge in [0.25, 0.3) is 0 Å². The molecule has 0 bridgehead atoms. The average molecular weight is 335 g/mol. The Morgan fingerprint density at radius 1 is 1.14 bits per heavy atom. The summed E-state index contributed by atoms with van der Waals surface area (Å²) >= 11 is 0. The molecule has 6 nitrogen and oxygen atoms in total. The van der Waals surface area contributed by atoms with Crippen LogP contribution in [0.5, 0.6) is 0 Å². The molecule has 0 aromatic carbocycles. The molecule has 2 N–H and O–H groups in total. The quantitative estimate of drug-likeness (QED) is 0.220. The molecule has 1 unspecified atom stereocenters. The standard InChI is InChI=1S/C15H29NO5S/c1-3-5-6-7-8-9-10-11-12-13-15(16-14(17)4-2)21-22(18,19)20/h4,15H,2-3,5-13H2,1H3,(H,16,17)(H,18,19,20). The van der Waals surface area contributed by atoms with Crippen LogP contribution in [0.1, 0.15) is 71.1 Å². The van der Waals surface area contributed by atoms with Gasteiger partial charge >= 0.3 is 10.4 Å². The fourth-order valence-corrected chi connectivity index (χ4v) is 2.59. The molecular weight excluding hydrogens is 306 g/mol. The van der Waals surface area contributed by atoms with E-state index < -0.39 is 22.5 Å². The van der Waals surface area contributed by atoms with Crippen molar-refractivity contribution in [1.29, 1.82) is 0 Å². The van der Waals surface area contributed by atoms with Gasteiger partial charge in [-0.2, -0.15) is 8.42 Å². The predicted molar refractivity (Wildman–Crippen MR) is 86.6 cm³/mol. The first kappa shape index (κ1) is 21.1. The first-order valence-electron chi connectivity index (χ1n) is 7.97. The second-order valence-corrected chi connectivity index (χ2v) is 6.39. The Bertz CT molecular complexity index is 408. The average Bonchev–Trinajstić information content (AvgIpc) is 2.43. The largest absolute Gasteiger partial charge is 0.399 e. The lowest BCUT2D eigenvalue weighted by atomic mass is 10.1. The molecule has 0 aliphatic heterocycles. The third kappa shape index (κ3) is 14.0. The lowest BCUT2D eigenvalue weighted by Gasteiger charge is -2.16. The number of hydrogen-bond donors (Lipinski definition) is 2. The molecule has 22 heavy (non-hydrogen) atoms. The molecule has 0 fully saturated rings. The Morgan fingerprint density at radius 2 is 1.64 bits per heavy atom. The summed E-state index contributed by atoms with van der Waals surface area (Å²) in [6.07, 6.45) is 10.5. The summed E-state index contributed by atoms with van der Waals surface area (Å²) in [6.45, 7) is 5.47. The Balaban J connectivity index is 3.84. The topological polar surface area (TPSA) is 92.7 Å². The molecule has 0 rings (SSSR count). The molecule has 0 saturated heterocycles. The maximum Gasteiger partial charge on any atom is 0.399 e. The molecule has 0 aliphatic carbocycles. The van der Waals surface area contributed by atoms with Gasteiger partial charge in [-0.25, -0.2) is 4.18 Å². The second-order valence-electron chi connectivity index (χ2n) is 5.34. The Kier molecular flexibility index (Phi) is 12.1. The van der Waals surface area contributed by atoms with Crippen molar-refractivity contribution in [2.75, 3.05) is 0 Å². The highest BCUT2D eigenvalue weighted by Gasteiger charge is 2.17. The molecule has 0 aromatic rings. The van der Waals surface area contributed by atoms with Gasteiger partial charge in [0, 0.05) is 0 Å². The third-order valence-corrected chi connectivity index (χ3v) is 3.77. The molecule has 1 amide bonds. The van der Waals surface area contributed by atoms with Crippen molar-refractivity contribution >= 4 is 16.3 Å². The first-order chi connectivity index (χ1) is 10.4. The van der Waals surface area contributed by atoms with E-state index in [0.29, 0.717) is 12.8 Å². The summed E-state index contributed by atoms with van der Waals surface area (Å²) in [7, 11) is -4.59. The maximum absolute atomic E-state index is 11.2. The zero-order chi connectivity index (χ0) is 16.8. The van der Waals surface area contributed by atoms with Crippen molar-refractivity contribution in [1.82, 2.24) is 5.32 Å². The fourth-order valence-electron chi connectivity index (χ4n) is 2.15. The van der Waals surface area contributed by atoms with Crippen LogP contribution in [-0.2, 0) is 19.4 Å². The van der Waals surface area contributed by atoms with Crippen LogP contribution in [0, 0.1) is 0 Å². The van der Waals surface area contributed by atoms with Crippen LogP contribution in [0.2, 0.25) is 0 Å². The number of hydrogen-bond acceptors (Lipinski definition) is 4. The molecule has 130 valence electrons. The molecular formula is C15H29NO5S. The molecule has 0 aromatic heterocycles. The molecule has 1 atom stereocenters. The zero-order valence-electron chi connectivity index (χ0n) is 13.4. The van der Waals surface area contributed by atoms with Crippen LogP contribution in [0.4, 0.5) is 0 Å². The summed E-state index contributed by atoms with van der Waals surface area (Å²) < 4.78 is 34.6. The molecule has 0 saturated carbocycles. The number of nitrogens with one attached hydrogen (secondary N) is 1. The normalized spacial score (nSPS) is 12.8. The number of unbranched alkanes of at least 4 members (excludes halogenated alkanes) is 8. The number of rotatable bonds is 14. The highest BCUT2D eigenvalue weighted by Crippen LogP contribution is 2.12.